The lowest BCUT2D eigenvalue weighted by Crippen LogP contribution is -1.97. The van der Waals surface area contributed by atoms with Crippen molar-refractivity contribution >= 4 is 73.8 Å². The molecule has 0 atom stereocenters. The fourth-order valence-electron chi connectivity index (χ4n) is 7.07. The predicted molar refractivity (Wildman–Crippen MR) is 207 cm³/mol. The summed E-state index contributed by atoms with van der Waals surface area (Å²) in [6.07, 6.45) is 0. The van der Waals surface area contributed by atoms with Crippen LogP contribution in [0.2, 0.25) is 0 Å². The van der Waals surface area contributed by atoms with Crippen LogP contribution in [0.1, 0.15) is 0 Å². The van der Waals surface area contributed by atoms with Crippen LogP contribution in [0.25, 0.3) is 96.1 Å². The van der Waals surface area contributed by atoms with Gasteiger partial charge in [0, 0.05) is 57.0 Å². The summed E-state index contributed by atoms with van der Waals surface area (Å²) in [6, 6.07) is 56.6. The average Bonchev–Trinajstić information content (AvgIpc) is 3.72. The Morgan fingerprint density at radius 3 is 1.77 bits per heavy atom. The highest BCUT2D eigenvalue weighted by Gasteiger charge is 2.18. The number of fused-ring (bicyclic) bond motifs is 7. The van der Waals surface area contributed by atoms with Crippen molar-refractivity contribution in [2.75, 3.05) is 0 Å². The molecule has 7 aromatic carbocycles. The summed E-state index contributed by atoms with van der Waals surface area (Å²) in [7, 11) is 0. The first-order chi connectivity index (χ1) is 23.8. The van der Waals surface area contributed by atoms with Gasteiger partial charge in [0.05, 0.1) is 11.4 Å². The molecule has 0 fully saturated rings. The van der Waals surface area contributed by atoms with Crippen LogP contribution in [0.15, 0.2) is 158 Å². The normalized spacial score (nSPS) is 11.8. The third kappa shape index (κ3) is 4.38. The summed E-state index contributed by atoms with van der Waals surface area (Å²) in [4.78, 5) is 10.7. The summed E-state index contributed by atoms with van der Waals surface area (Å²) in [5.74, 6) is 0.729. The standard InChI is InChI=1S/C44H26N2S2/c1-2-13-29-27(11-1)12-9-18-30(29)31-14-3-4-15-32(31)38-26-39(37-20-10-19-36-34-17-6-8-22-41(34)48-43(36)37)46-44(45-38)28-23-24-35-33-16-5-7-21-40(33)47-42(35)25-28/h1-26H. The number of hydrogen-bond acceptors (Lipinski definition) is 4. The number of benzene rings is 7. The number of aromatic nitrogens is 2. The smallest absolute Gasteiger partial charge is 0.160 e. The van der Waals surface area contributed by atoms with Crippen LogP contribution in [0, 0.1) is 0 Å². The number of nitrogens with zero attached hydrogens (tertiary/aromatic N) is 2. The van der Waals surface area contributed by atoms with Gasteiger partial charge < -0.3 is 0 Å². The summed E-state index contributed by atoms with van der Waals surface area (Å²) < 4.78 is 5.06. The second-order valence-corrected chi connectivity index (χ2v) is 14.3. The van der Waals surface area contributed by atoms with Gasteiger partial charge in [-0.25, -0.2) is 9.97 Å². The van der Waals surface area contributed by atoms with Crippen LogP contribution in [0.4, 0.5) is 0 Å². The van der Waals surface area contributed by atoms with Crippen molar-refractivity contribution in [3.8, 4) is 45.0 Å². The van der Waals surface area contributed by atoms with Gasteiger partial charge in [-0.2, -0.15) is 0 Å². The Balaban J connectivity index is 1.24. The molecule has 0 N–H and O–H groups in total. The molecule has 48 heavy (non-hydrogen) atoms. The molecule has 0 unspecified atom stereocenters. The minimum Gasteiger partial charge on any atom is -0.228 e. The van der Waals surface area contributed by atoms with Crippen LogP contribution < -0.4 is 0 Å². The molecule has 0 aliphatic rings. The van der Waals surface area contributed by atoms with Gasteiger partial charge in [0.25, 0.3) is 0 Å². The SMILES string of the molecule is c1ccc(-c2cccc3ccccc23)c(-c2cc(-c3cccc4c3sc3ccccc34)nc(-c3ccc4c(c3)sc3ccccc34)n2)c1. The molecule has 224 valence electrons. The van der Waals surface area contributed by atoms with Crippen molar-refractivity contribution in [2.45, 2.75) is 0 Å². The van der Waals surface area contributed by atoms with Crippen LogP contribution in [-0.2, 0) is 0 Å². The number of thiophene rings is 2. The second kappa shape index (κ2) is 11.0. The summed E-state index contributed by atoms with van der Waals surface area (Å²) in [5, 5.41) is 7.56. The van der Waals surface area contributed by atoms with Crippen LogP contribution in [0.3, 0.4) is 0 Å². The molecule has 0 aliphatic heterocycles. The molecule has 0 spiro atoms. The van der Waals surface area contributed by atoms with Crippen molar-refractivity contribution in [1.82, 2.24) is 9.97 Å². The van der Waals surface area contributed by atoms with Gasteiger partial charge in [-0.05, 0) is 46.2 Å². The van der Waals surface area contributed by atoms with E-state index in [0.29, 0.717) is 0 Å². The molecule has 3 aromatic heterocycles. The van der Waals surface area contributed by atoms with E-state index < -0.39 is 0 Å². The summed E-state index contributed by atoms with van der Waals surface area (Å²) in [6.45, 7) is 0. The highest BCUT2D eigenvalue weighted by Crippen LogP contribution is 2.42. The van der Waals surface area contributed by atoms with E-state index in [9.17, 15) is 0 Å². The minimum absolute atomic E-state index is 0.729. The Bertz CT molecular complexity index is 2850. The molecule has 0 aliphatic carbocycles. The maximum Gasteiger partial charge on any atom is 0.160 e. The topological polar surface area (TPSA) is 25.8 Å². The number of rotatable bonds is 4. The summed E-state index contributed by atoms with van der Waals surface area (Å²) >= 11 is 3.66. The lowest BCUT2D eigenvalue weighted by molar-refractivity contribution is 1.19. The Labute approximate surface area is 285 Å². The fourth-order valence-corrected chi connectivity index (χ4v) is 9.44. The van der Waals surface area contributed by atoms with E-state index in [2.05, 4.69) is 158 Å². The van der Waals surface area contributed by atoms with E-state index in [0.717, 1.165) is 39.5 Å². The molecule has 0 radical (unpaired) electrons. The first-order valence-corrected chi connectivity index (χ1v) is 17.7. The van der Waals surface area contributed by atoms with Crippen molar-refractivity contribution in [3.05, 3.63) is 158 Å². The van der Waals surface area contributed by atoms with Crippen molar-refractivity contribution in [2.24, 2.45) is 0 Å². The molecular weight excluding hydrogens is 621 g/mol. The van der Waals surface area contributed by atoms with E-state index >= 15 is 0 Å². The van der Waals surface area contributed by atoms with E-state index in [1.165, 1.54) is 56.7 Å². The zero-order valence-corrected chi connectivity index (χ0v) is 27.4. The van der Waals surface area contributed by atoms with Crippen LogP contribution >= 0.6 is 22.7 Å². The van der Waals surface area contributed by atoms with Crippen molar-refractivity contribution in [1.29, 1.82) is 0 Å². The molecule has 4 heteroatoms. The van der Waals surface area contributed by atoms with Gasteiger partial charge in [-0.3, -0.25) is 0 Å². The largest absolute Gasteiger partial charge is 0.228 e. The third-order valence-electron chi connectivity index (χ3n) is 9.33. The molecule has 10 rings (SSSR count). The lowest BCUT2D eigenvalue weighted by atomic mass is 9.93. The Kier molecular flexibility index (Phi) is 6.26. The molecule has 0 saturated heterocycles. The Hall–Kier alpha value is -5.68. The molecule has 0 amide bonds. The van der Waals surface area contributed by atoms with E-state index in [1.54, 1.807) is 0 Å². The highest BCUT2D eigenvalue weighted by molar-refractivity contribution is 7.26. The quantitative estimate of drug-likeness (QED) is 0.190. The fraction of sp³-hybridized carbons (Fsp3) is 0. The molecule has 3 heterocycles. The summed E-state index contributed by atoms with van der Waals surface area (Å²) in [5.41, 5.74) is 7.43. The van der Waals surface area contributed by atoms with Gasteiger partial charge >= 0.3 is 0 Å². The van der Waals surface area contributed by atoms with E-state index in [1.807, 2.05) is 22.7 Å². The van der Waals surface area contributed by atoms with Gasteiger partial charge in [-0.15, -0.1) is 22.7 Å². The molecule has 0 saturated carbocycles. The van der Waals surface area contributed by atoms with Crippen molar-refractivity contribution < 1.29 is 0 Å². The molecule has 10 aromatic rings. The zero-order chi connectivity index (χ0) is 31.6. The first-order valence-electron chi connectivity index (χ1n) is 16.1. The first kappa shape index (κ1) is 27.4. The minimum atomic E-state index is 0.729. The van der Waals surface area contributed by atoms with Gasteiger partial charge in [-0.1, -0.05) is 133 Å². The highest BCUT2D eigenvalue weighted by atomic mass is 32.1. The maximum absolute atomic E-state index is 5.35. The van der Waals surface area contributed by atoms with E-state index in [4.69, 9.17) is 9.97 Å². The molecule has 0 bridgehead atoms. The predicted octanol–water partition coefficient (Wildman–Crippen LogP) is 13.0. The van der Waals surface area contributed by atoms with Gasteiger partial charge in [0.2, 0.25) is 0 Å². The lowest BCUT2D eigenvalue weighted by Gasteiger charge is -2.14. The third-order valence-corrected chi connectivity index (χ3v) is 11.7. The van der Waals surface area contributed by atoms with Gasteiger partial charge in [0.15, 0.2) is 5.82 Å². The average molecular weight is 647 g/mol. The van der Waals surface area contributed by atoms with Crippen molar-refractivity contribution in [3.63, 3.8) is 0 Å². The maximum atomic E-state index is 5.35. The zero-order valence-electron chi connectivity index (χ0n) is 25.7. The molecule has 2 nitrogen and oxygen atoms in total. The monoisotopic (exact) mass is 646 g/mol. The van der Waals surface area contributed by atoms with Crippen LogP contribution in [0.5, 0.6) is 0 Å². The number of hydrogen-bond donors (Lipinski definition) is 0. The Morgan fingerprint density at radius 2 is 0.917 bits per heavy atom. The second-order valence-electron chi connectivity index (χ2n) is 12.1. The van der Waals surface area contributed by atoms with E-state index in [-0.39, 0.29) is 0 Å². The Morgan fingerprint density at radius 1 is 0.354 bits per heavy atom. The van der Waals surface area contributed by atoms with Gasteiger partial charge in [0.1, 0.15) is 0 Å². The molecular formula is C44H26N2S2. The van der Waals surface area contributed by atoms with Crippen LogP contribution in [-0.4, -0.2) is 9.97 Å².